The molecular formula is C40H40N2P2. The Balaban J connectivity index is 1.60. The molecule has 6 aromatic rings. The van der Waals surface area contributed by atoms with Crippen molar-refractivity contribution < 1.29 is 0 Å². The molecular weight excluding hydrogens is 570 g/mol. The van der Waals surface area contributed by atoms with E-state index in [1.807, 2.05) is 0 Å². The summed E-state index contributed by atoms with van der Waals surface area (Å²) in [7, 11) is -1.41. The molecule has 4 heteroatoms. The summed E-state index contributed by atoms with van der Waals surface area (Å²) in [4.78, 5) is 0. The molecule has 1 heterocycles. The van der Waals surface area contributed by atoms with Gasteiger partial charge < -0.3 is 10.6 Å². The molecule has 2 unspecified atom stereocenters. The number of hydrogen-bond acceptors (Lipinski definition) is 2. The minimum absolute atomic E-state index is 0.443. The first-order valence-corrected chi connectivity index (χ1v) is 18.5. The predicted molar refractivity (Wildman–Crippen MR) is 199 cm³/mol. The Hall–Kier alpha value is -3.70. The number of rotatable bonds is 2. The van der Waals surface area contributed by atoms with E-state index < -0.39 is 15.8 Å². The fourth-order valence-corrected chi connectivity index (χ4v) is 11.9. The molecule has 0 amide bonds. The van der Waals surface area contributed by atoms with Crippen molar-refractivity contribution in [2.45, 2.75) is 52.9 Å². The molecule has 44 heavy (non-hydrogen) atoms. The van der Waals surface area contributed by atoms with E-state index in [-0.39, 0.29) is 0 Å². The second-order valence-corrected chi connectivity index (χ2v) is 18.1. The van der Waals surface area contributed by atoms with E-state index >= 15 is 0 Å². The number of fused-ring (bicyclic) bond motifs is 6. The van der Waals surface area contributed by atoms with Crippen LogP contribution in [0.2, 0.25) is 0 Å². The molecule has 1 aliphatic heterocycles. The maximum absolute atomic E-state index is 4.08. The third-order valence-corrected chi connectivity index (χ3v) is 14.3. The van der Waals surface area contributed by atoms with E-state index in [1.54, 1.807) is 0 Å². The van der Waals surface area contributed by atoms with Gasteiger partial charge in [-0.05, 0) is 110 Å². The fourth-order valence-electron chi connectivity index (χ4n) is 6.64. The maximum atomic E-state index is 4.08. The van der Waals surface area contributed by atoms with Crippen LogP contribution in [0.4, 0.5) is 22.7 Å². The Morgan fingerprint density at radius 2 is 0.750 bits per heavy atom. The SMILES string of the molecule is Cc1ccc2c(c1)Nc1cc3ccccc3cc1P(C(C)C)c1ccc(C)cc1Nc1cc3ccccc3cc1P2C(C)C. The van der Waals surface area contributed by atoms with E-state index in [4.69, 9.17) is 0 Å². The highest BCUT2D eigenvalue weighted by atomic mass is 31.1. The first-order valence-electron chi connectivity index (χ1n) is 15.7. The summed E-state index contributed by atoms with van der Waals surface area (Å²) in [6, 6.07) is 41.4. The predicted octanol–water partition coefficient (Wildman–Crippen LogP) is 10.1. The van der Waals surface area contributed by atoms with Crippen LogP contribution in [0.5, 0.6) is 0 Å². The van der Waals surface area contributed by atoms with Crippen LogP contribution < -0.4 is 31.9 Å². The van der Waals surface area contributed by atoms with Crippen molar-refractivity contribution in [3.8, 4) is 0 Å². The summed E-state index contributed by atoms with van der Waals surface area (Å²) in [6.45, 7) is 14.0. The molecule has 0 bridgehead atoms. The first-order chi connectivity index (χ1) is 21.3. The number of aryl methyl sites for hydroxylation is 2. The van der Waals surface area contributed by atoms with Gasteiger partial charge in [-0.1, -0.05) is 100 Å². The Labute approximate surface area is 264 Å². The number of nitrogens with one attached hydrogen (secondary N) is 2. The van der Waals surface area contributed by atoms with Crippen molar-refractivity contribution in [3.63, 3.8) is 0 Å². The lowest BCUT2D eigenvalue weighted by molar-refractivity contribution is 1.10. The average molecular weight is 611 g/mol. The largest absolute Gasteiger partial charge is 0.354 e. The van der Waals surface area contributed by atoms with Crippen LogP contribution in [0, 0.1) is 13.8 Å². The third kappa shape index (κ3) is 5.30. The molecule has 2 atom stereocenters. The van der Waals surface area contributed by atoms with Gasteiger partial charge in [-0.2, -0.15) is 0 Å². The molecule has 0 fully saturated rings. The first kappa shape index (κ1) is 29.0. The molecule has 1 aliphatic rings. The molecule has 0 saturated heterocycles. The second-order valence-electron chi connectivity index (χ2n) is 12.7. The van der Waals surface area contributed by atoms with Crippen LogP contribution in [0.15, 0.2) is 109 Å². The van der Waals surface area contributed by atoms with E-state index in [0.29, 0.717) is 11.3 Å². The monoisotopic (exact) mass is 610 g/mol. The van der Waals surface area contributed by atoms with E-state index in [0.717, 1.165) is 0 Å². The Morgan fingerprint density at radius 3 is 1.11 bits per heavy atom. The number of hydrogen-bond donors (Lipinski definition) is 2. The topological polar surface area (TPSA) is 24.1 Å². The number of anilines is 4. The van der Waals surface area contributed by atoms with Crippen molar-refractivity contribution in [1.82, 2.24) is 0 Å². The zero-order chi connectivity index (χ0) is 30.5. The van der Waals surface area contributed by atoms with Crippen LogP contribution in [0.3, 0.4) is 0 Å². The summed E-state index contributed by atoms with van der Waals surface area (Å²) >= 11 is 0. The van der Waals surface area contributed by atoms with Gasteiger partial charge >= 0.3 is 0 Å². The Morgan fingerprint density at radius 1 is 0.409 bits per heavy atom. The molecule has 6 aromatic carbocycles. The average Bonchev–Trinajstić information content (AvgIpc) is 2.99. The van der Waals surface area contributed by atoms with Crippen molar-refractivity contribution in [3.05, 3.63) is 120 Å². The summed E-state index contributed by atoms with van der Waals surface area (Å²) in [5.41, 5.74) is 8.33. The van der Waals surface area contributed by atoms with Crippen molar-refractivity contribution in [2.24, 2.45) is 0 Å². The van der Waals surface area contributed by atoms with Gasteiger partial charge in [-0.25, -0.2) is 0 Å². The Bertz CT molecular complexity index is 1880. The highest BCUT2D eigenvalue weighted by molar-refractivity contribution is 7.74. The van der Waals surface area contributed by atoms with Crippen molar-refractivity contribution in [1.29, 1.82) is 0 Å². The molecule has 0 aromatic heterocycles. The quantitative estimate of drug-likeness (QED) is 0.191. The minimum Gasteiger partial charge on any atom is -0.354 e. The molecule has 0 spiro atoms. The van der Waals surface area contributed by atoms with Gasteiger partial charge in [0, 0.05) is 44.0 Å². The third-order valence-electron chi connectivity index (χ3n) is 8.64. The molecule has 2 N–H and O–H groups in total. The van der Waals surface area contributed by atoms with Gasteiger partial charge in [-0.3, -0.25) is 0 Å². The maximum Gasteiger partial charge on any atom is 0.0472 e. The molecule has 0 saturated carbocycles. The van der Waals surface area contributed by atoms with Crippen LogP contribution in [-0.2, 0) is 0 Å². The molecule has 7 rings (SSSR count). The van der Waals surface area contributed by atoms with Crippen LogP contribution in [-0.4, -0.2) is 11.3 Å². The van der Waals surface area contributed by atoms with Gasteiger partial charge in [0.25, 0.3) is 0 Å². The van der Waals surface area contributed by atoms with Gasteiger partial charge in [0.05, 0.1) is 0 Å². The second kappa shape index (κ2) is 11.7. The van der Waals surface area contributed by atoms with Crippen molar-refractivity contribution >= 4 is 81.4 Å². The highest BCUT2D eigenvalue weighted by Gasteiger charge is 2.29. The lowest BCUT2D eigenvalue weighted by Crippen LogP contribution is -2.27. The minimum atomic E-state index is -0.705. The molecule has 0 radical (unpaired) electrons. The van der Waals surface area contributed by atoms with Gasteiger partial charge in [0.1, 0.15) is 0 Å². The summed E-state index contributed by atoms with van der Waals surface area (Å²) in [5.74, 6) is 0. The lowest BCUT2D eigenvalue weighted by Gasteiger charge is -2.33. The summed E-state index contributed by atoms with van der Waals surface area (Å²) in [5, 5.41) is 18.9. The van der Waals surface area contributed by atoms with Crippen LogP contribution in [0.25, 0.3) is 21.5 Å². The summed E-state index contributed by atoms with van der Waals surface area (Å²) < 4.78 is 0. The summed E-state index contributed by atoms with van der Waals surface area (Å²) in [6.07, 6.45) is 0. The standard InChI is InChI=1S/C40H40N2P2/c1-25(2)43-37-17-15-27(5)19-33(37)41-36-22-30-12-8-10-14-32(30)24-40(36)44(26(3)4)38-18-16-28(6)20-34(38)42-35-21-29-11-7-9-13-31(29)23-39(35)43/h7-26,41-42H,1-6H3. The normalized spacial score (nSPS) is 16.3. The number of benzene rings is 6. The van der Waals surface area contributed by atoms with Gasteiger partial charge in [0.15, 0.2) is 0 Å². The molecule has 2 nitrogen and oxygen atoms in total. The zero-order valence-electron chi connectivity index (χ0n) is 26.4. The van der Waals surface area contributed by atoms with Crippen LogP contribution in [0.1, 0.15) is 38.8 Å². The van der Waals surface area contributed by atoms with E-state index in [1.165, 1.54) is 76.6 Å². The highest BCUT2D eigenvalue weighted by Crippen LogP contribution is 2.49. The molecule has 0 aliphatic carbocycles. The Kier molecular flexibility index (Phi) is 7.70. The van der Waals surface area contributed by atoms with E-state index in [2.05, 4.69) is 161 Å². The molecule has 220 valence electrons. The van der Waals surface area contributed by atoms with Gasteiger partial charge in [-0.15, -0.1) is 0 Å². The van der Waals surface area contributed by atoms with Gasteiger partial charge in [0.2, 0.25) is 0 Å². The lowest BCUT2D eigenvalue weighted by atomic mass is 10.1. The zero-order valence-corrected chi connectivity index (χ0v) is 28.2. The fraction of sp³-hybridized carbons (Fsp3) is 0.200. The smallest absolute Gasteiger partial charge is 0.0472 e. The van der Waals surface area contributed by atoms with Crippen molar-refractivity contribution in [2.75, 3.05) is 10.6 Å². The van der Waals surface area contributed by atoms with Crippen LogP contribution >= 0.6 is 15.8 Å². The van der Waals surface area contributed by atoms with E-state index in [9.17, 15) is 0 Å².